The van der Waals surface area contributed by atoms with Gasteiger partial charge < -0.3 is 10.2 Å². The van der Waals surface area contributed by atoms with E-state index in [1.807, 2.05) is 13.1 Å². The van der Waals surface area contributed by atoms with Crippen LogP contribution in [0, 0.1) is 6.92 Å². The van der Waals surface area contributed by atoms with Gasteiger partial charge in [-0.3, -0.25) is 19.7 Å². The average molecular weight is 291 g/mol. The van der Waals surface area contributed by atoms with Gasteiger partial charge in [-0.1, -0.05) is 0 Å². The Hall–Kier alpha value is -1.53. The Morgan fingerprint density at radius 1 is 1.33 bits per heavy atom. The molecule has 6 heteroatoms. The van der Waals surface area contributed by atoms with Crippen LogP contribution in [0.4, 0.5) is 0 Å². The molecule has 6 nitrogen and oxygen atoms in total. The van der Waals surface area contributed by atoms with Crippen molar-refractivity contribution in [2.24, 2.45) is 0 Å². The predicted octanol–water partition coefficient (Wildman–Crippen LogP) is 0.427. The Labute approximate surface area is 126 Å². The molecule has 1 aliphatic rings. The molecule has 0 atom stereocenters. The molecular formula is C15H25N5O. The number of nitrogens with one attached hydrogen (secondary N) is 1. The molecule has 1 amide bonds. The summed E-state index contributed by atoms with van der Waals surface area (Å²) >= 11 is 0. The fourth-order valence-electron chi connectivity index (χ4n) is 2.39. The summed E-state index contributed by atoms with van der Waals surface area (Å²) in [5.74, 6) is 0.177. The fraction of sp³-hybridized carbons (Fsp3) is 0.667. The quantitative estimate of drug-likeness (QED) is 0.852. The highest BCUT2D eigenvalue weighted by molar-refractivity contribution is 5.77. The van der Waals surface area contributed by atoms with Gasteiger partial charge in [0.15, 0.2) is 0 Å². The lowest BCUT2D eigenvalue weighted by Crippen LogP contribution is -2.45. The zero-order chi connectivity index (χ0) is 15.2. The molecule has 1 saturated heterocycles. The molecule has 1 fully saturated rings. The van der Waals surface area contributed by atoms with Crippen LogP contribution in [-0.2, 0) is 11.3 Å². The summed E-state index contributed by atoms with van der Waals surface area (Å²) in [6.45, 7) is 5.17. The molecule has 0 spiro atoms. The zero-order valence-electron chi connectivity index (χ0n) is 13.2. The molecule has 0 radical (unpaired) electrons. The summed E-state index contributed by atoms with van der Waals surface area (Å²) in [6.07, 6.45) is 5.76. The molecule has 1 aromatic rings. The number of piperidine rings is 1. The van der Waals surface area contributed by atoms with Crippen molar-refractivity contribution in [3.05, 3.63) is 23.8 Å². The van der Waals surface area contributed by atoms with E-state index in [-0.39, 0.29) is 5.91 Å². The van der Waals surface area contributed by atoms with E-state index in [1.165, 1.54) is 0 Å². The van der Waals surface area contributed by atoms with Crippen molar-refractivity contribution in [1.82, 2.24) is 25.1 Å². The van der Waals surface area contributed by atoms with Crippen LogP contribution in [0.3, 0.4) is 0 Å². The van der Waals surface area contributed by atoms with E-state index >= 15 is 0 Å². The average Bonchev–Trinajstić information content (AvgIpc) is 2.48. The van der Waals surface area contributed by atoms with E-state index in [0.29, 0.717) is 12.6 Å². The van der Waals surface area contributed by atoms with Crippen LogP contribution >= 0.6 is 0 Å². The number of carbonyl (C=O) groups excluding carboxylic acids is 1. The van der Waals surface area contributed by atoms with Gasteiger partial charge in [0.25, 0.3) is 0 Å². The first kappa shape index (κ1) is 15.9. The predicted molar refractivity (Wildman–Crippen MR) is 81.8 cm³/mol. The standard InChI is InChI=1S/C15H25N5O/c1-12-8-17-14(9-16-12)10-18-13-4-6-20(7-5-13)11-15(21)19(2)3/h8-9,13,18H,4-7,10-11H2,1-3H3. The summed E-state index contributed by atoms with van der Waals surface area (Å²) in [4.78, 5) is 24.2. The number of rotatable bonds is 5. The summed E-state index contributed by atoms with van der Waals surface area (Å²) < 4.78 is 0. The number of aryl methyl sites for hydroxylation is 1. The van der Waals surface area contributed by atoms with Gasteiger partial charge in [-0.05, 0) is 19.8 Å². The van der Waals surface area contributed by atoms with E-state index < -0.39 is 0 Å². The molecule has 21 heavy (non-hydrogen) atoms. The summed E-state index contributed by atoms with van der Waals surface area (Å²) in [5.41, 5.74) is 1.92. The molecule has 0 unspecified atom stereocenters. The molecular weight excluding hydrogens is 266 g/mol. The molecule has 0 aromatic carbocycles. The molecule has 116 valence electrons. The Kier molecular flexibility index (Phi) is 5.64. The van der Waals surface area contributed by atoms with Gasteiger partial charge >= 0.3 is 0 Å². The van der Waals surface area contributed by atoms with Gasteiger partial charge in [-0.15, -0.1) is 0 Å². The topological polar surface area (TPSA) is 61.4 Å². The lowest BCUT2D eigenvalue weighted by molar-refractivity contribution is -0.130. The van der Waals surface area contributed by atoms with E-state index in [0.717, 1.165) is 43.9 Å². The number of hydrogen-bond donors (Lipinski definition) is 1. The number of hydrogen-bond acceptors (Lipinski definition) is 5. The number of likely N-dealkylation sites (N-methyl/N-ethyl adjacent to an activating group) is 1. The third kappa shape index (κ3) is 5.06. The van der Waals surface area contributed by atoms with Crippen LogP contribution in [-0.4, -0.2) is 65.4 Å². The number of carbonyl (C=O) groups is 1. The normalized spacial score (nSPS) is 16.9. The van der Waals surface area contributed by atoms with Crippen LogP contribution in [0.1, 0.15) is 24.2 Å². The second-order valence-electron chi connectivity index (χ2n) is 5.87. The molecule has 1 N–H and O–H groups in total. The van der Waals surface area contributed by atoms with Crippen molar-refractivity contribution in [2.45, 2.75) is 32.4 Å². The van der Waals surface area contributed by atoms with Crippen molar-refractivity contribution in [3.63, 3.8) is 0 Å². The van der Waals surface area contributed by atoms with E-state index in [4.69, 9.17) is 0 Å². The summed E-state index contributed by atoms with van der Waals surface area (Å²) in [7, 11) is 3.61. The maximum atomic E-state index is 11.7. The molecule has 1 aliphatic heterocycles. The number of likely N-dealkylation sites (tertiary alicyclic amines) is 1. The van der Waals surface area contributed by atoms with E-state index in [1.54, 1.807) is 25.2 Å². The first-order valence-corrected chi connectivity index (χ1v) is 7.48. The Morgan fingerprint density at radius 2 is 2.05 bits per heavy atom. The molecule has 1 aromatic heterocycles. The lowest BCUT2D eigenvalue weighted by atomic mass is 10.0. The molecule has 2 heterocycles. The summed E-state index contributed by atoms with van der Waals surface area (Å²) in [6, 6.07) is 0.499. The Balaban J connectivity index is 1.69. The van der Waals surface area contributed by atoms with Gasteiger partial charge in [-0.25, -0.2) is 0 Å². The van der Waals surface area contributed by atoms with Crippen molar-refractivity contribution >= 4 is 5.91 Å². The van der Waals surface area contributed by atoms with Crippen LogP contribution in [0.5, 0.6) is 0 Å². The zero-order valence-corrected chi connectivity index (χ0v) is 13.2. The minimum atomic E-state index is 0.177. The fourth-order valence-corrected chi connectivity index (χ4v) is 2.39. The molecule has 0 saturated carbocycles. The van der Waals surface area contributed by atoms with Crippen LogP contribution in [0.25, 0.3) is 0 Å². The molecule has 0 aliphatic carbocycles. The lowest BCUT2D eigenvalue weighted by Gasteiger charge is -2.32. The highest BCUT2D eigenvalue weighted by atomic mass is 16.2. The van der Waals surface area contributed by atoms with Crippen LogP contribution < -0.4 is 5.32 Å². The third-order valence-corrected chi connectivity index (χ3v) is 3.85. The van der Waals surface area contributed by atoms with Gasteiger partial charge in [0.2, 0.25) is 5.91 Å². The van der Waals surface area contributed by atoms with E-state index in [2.05, 4.69) is 20.2 Å². The third-order valence-electron chi connectivity index (χ3n) is 3.85. The smallest absolute Gasteiger partial charge is 0.236 e. The van der Waals surface area contributed by atoms with Crippen molar-refractivity contribution in [3.8, 4) is 0 Å². The summed E-state index contributed by atoms with van der Waals surface area (Å²) in [5, 5.41) is 3.53. The Morgan fingerprint density at radius 3 is 2.62 bits per heavy atom. The highest BCUT2D eigenvalue weighted by Crippen LogP contribution is 2.10. The maximum Gasteiger partial charge on any atom is 0.236 e. The van der Waals surface area contributed by atoms with Crippen LogP contribution in [0.15, 0.2) is 12.4 Å². The monoisotopic (exact) mass is 291 g/mol. The largest absolute Gasteiger partial charge is 0.348 e. The van der Waals surface area contributed by atoms with Crippen LogP contribution in [0.2, 0.25) is 0 Å². The van der Waals surface area contributed by atoms with Gasteiger partial charge in [0.05, 0.1) is 17.9 Å². The van der Waals surface area contributed by atoms with Crippen molar-refractivity contribution in [2.75, 3.05) is 33.7 Å². The molecule has 0 bridgehead atoms. The highest BCUT2D eigenvalue weighted by Gasteiger charge is 2.20. The first-order chi connectivity index (χ1) is 10.0. The molecule has 2 rings (SSSR count). The second kappa shape index (κ2) is 7.47. The minimum Gasteiger partial charge on any atom is -0.348 e. The Bertz CT molecular complexity index is 452. The number of amides is 1. The first-order valence-electron chi connectivity index (χ1n) is 7.48. The van der Waals surface area contributed by atoms with Gasteiger partial charge in [-0.2, -0.15) is 0 Å². The van der Waals surface area contributed by atoms with Crippen molar-refractivity contribution in [1.29, 1.82) is 0 Å². The number of nitrogens with zero attached hydrogens (tertiary/aromatic N) is 4. The minimum absolute atomic E-state index is 0.177. The SMILES string of the molecule is Cc1cnc(CNC2CCN(CC(=O)N(C)C)CC2)cn1. The van der Waals surface area contributed by atoms with E-state index in [9.17, 15) is 4.79 Å². The van der Waals surface area contributed by atoms with Gasteiger partial charge in [0, 0.05) is 52.2 Å². The van der Waals surface area contributed by atoms with Gasteiger partial charge in [0.1, 0.15) is 0 Å². The maximum absolute atomic E-state index is 11.7. The van der Waals surface area contributed by atoms with Crippen molar-refractivity contribution < 1.29 is 4.79 Å². The second-order valence-corrected chi connectivity index (χ2v) is 5.87. The number of aromatic nitrogens is 2.